The molecule has 2 aromatic heterocycles. The zero-order valence-electron chi connectivity index (χ0n) is 20.5. The number of hydrogen-bond donors (Lipinski definition) is 1. The predicted molar refractivity (Wildman–Crippen MR) is 135 cm³/mol. The molecule has 0 amide bonds. The lowest BCUT2D eigenvalue weighted by Crippen LogP contribution is -2.38. The maximum atomic E-state index is 4.55. The van der Waals surface area contributed by atoms with Crippen molar-refractivity contribution in [3.63, 3.8) is 0 Å². The molecule has 4 rings (SSSR count). The minimum atomic E-state index is 0.623. The van der Waals surface area contributed by atoms with Gasteiger partial charge in [0.25, 0.3) is 0 Å². The number of aromatic nitrogens is 3. The molecule has 3 heterocycles. The van der Waals surface area contributed by atoms with E-state index in [2.05, 4.69) is 82.2 Å². The number of hydrogen-bond acceptors (Lipinski definition) is 4. The molecular formula is C28H39N5. The molecule has 0 radical (unpaired) electrons. The summed E-state index contributed by atoms with van der Waals surface area (Å²) in [5.41, 5.74) is 6.53. The fraction of sp³-hybridized carbons (Fsp3) is 0.500. The Balaban J connectivity index is 1.35. The van der Waals surface area contributed by atoms with E-state index in [1.807, 2.05) is 18.5 Å². The standard InChI is InChI=1S/C28H39N5/c1-22(2)15-27-16-28(31-30-27)21-33(19-25-8-6-12-29-17-25)18-24-10-13-32(14-11-24)20-26-9-5-4-7-23(26)3/h4-9,12,16-17,22,24H,10-11,13-15,18-21H2,1-3H3,(H,30,31). The molecule has 176 valence electrons. The van der Waals surface area contributed by atoms with Crippen molar-refractivity contribution in [1.29, 1.82) is 0 Å². The lowest BCUT2D eigenvalue weighted by Gasteiger charge is -2.35. The van der Waals surface area contributed by atoms with Crippen LogP contribution >= 0.6 is 0 Å². The minimum absolute atomic E-state index is 0.623. The lowest BCUT2D eigenvalue weighted by atomic mass is 9.95. The monoisotopic (exact) mass is 445 g/mol. The van der Waals surface area contributed by atoms with Crippen LogP contribution in [0.25, 0.3) is 0 Å². The lowest BCUT2D eigenvalue weighted by molar-refractivity contribution is 0.131. The number of piperidine rings is 1. The number of pyridine rings is 1. The number of H-pyrrole nitrogens is 1. The van der Waals surface area contributed by atoms with E-state index >= 15 is 0 Å². The van der Waals surface area contributed by atoms with E-state index in [0.29, 0.717) is 5.92 Å². The van der Waals surface area contributed by atoms with Crippen LogP contribution in [0, 0.1) is 18.8 Å². The molecule has 0 bridgehead atoms. The molecule has 1 aromatic carbocycles. The van der Waals surface area contributed by atoms with Crippen LogP contribution < -0.4 is 0 Å². The van der Waals surface area contributed by atoms with Gasteiger partial charge >= 0.3 is 0 Å². The molecule has 1 N–H and O–H groups in total. The number of nitrogens with one attached hydrogen (secondary N) is 1. The van der Waals surface area contributed by atoms with Crippen LogP contribution in [0.2, 0.25) is 0 Å². The van der Waals surface area contributed by atoms with Crippen LogP contribution in [0.4, 0.5) is 0 Å². The highest BCUT2D eigenvalue weighted by Crippen LogP contribution is 2.23. The van der Waals surface area contributed by atoms with Crippen LogP contribution in [0.3, 0.4) is 0 Å². The second-order valence-electron chi connectivity index (χ2n) is 10.2. The van der Waals surface area contributed by atoms with Crippen molar-refractivity contribution in [3.8, 4) is 0 Å². The molecule has 1 aliphatic rings. The first-order chi connectivity index (χ1) is 16.0. The Kier molecular flexibility index (Phi) is 8.30. The van der Waals surface area contributed by atoms with Gasteiger partial charge in [0.05, 0.1) is 5.69 Å². The van der Waals surface area contributed by atoms with Crippen LogP contribution in [0.5, 0.6) is 0 Å². The van der Waals surface area contributed by atoms with E-state index in [1.165, 1.54) is 54.0 Å². The number of rotatable bonds is 10. The quantitative estimate of drug-likeness (QED) is 0.464. The topological polar surface area (TPSA) is 48.1 Å². The number of aryl methyl sites for hydroxylation is 1. The number of aromatic amines is 1. The fourth-order valence-electron chi connectivity index (χ4n) is 4.91. The maximum Gasteiger partial charge on any atom is 0.0628 e. The average Bonchev–Trinajstić information content (AvgIpc) is 3.23. The van der Waals surface area contributed by atoms with Gasteiger partial charge in [0.15, 0.2) is 0 Å². The molecule has 1 aliphatic heterocycles. The van der Waals surface area contributed by atoms with Crippen LogP contribution in [0.1, 0.15) is 54.8 Å². The van der Waals surface area contributed by atoms with Crippen molar-refractivity contribution in [2.45, 2.75) is 59.7 Å². The number of nitrogens with zero attached hydrogens (tertiary/aromatic N) is 4. The first kappa shape index (κ1) is 23.7. The molecule has 3 aromatic rings. The Bertz CT molecular complexity index is 973. The summed E-state index contributed by atoms with van der Waals surface area (Å²) >= 11 is 0. The van der Waals surface area contributed by atoms with Crippen molar-refractivity contribution in [2.24, 2.45) is 11.8 Å². The minimum Gasteiger partial charge on any atom is -0.299 e. The molecule has 0 atom stereocenters. The summed E-state index contributed by atoms with van der Waals surface area (Å²) in [4.78, 5) is 9.53. The van der Waals surface area contributed by atoms with Gasteiger partial charge in [0.2, 0.25) is 0 Å². The zero-order valence-corrected chi connectivity index (χ0v) is 20.5. The van der Waals surface area contributed by atoms with Gasteiger partial charge in [-0.3, -0.25) is 19.9 Å². The summed E-state index contributed by atoms with van der Waals surface area (Å²) in [6.07, 6.45) is 7.40. The smallest absolute Gasteiger partial charge is 0.0628 e. The normalized spacial score (nSPS) is 15.5. The van der Waals surface area contributed by atoms with E-state index in [-0.39, 0.29) is 0 Å². The SMILES string of the molecule is Cc1ccccc1CN1CCC(CN(Cc2cccnc2)Cc2cc(CC(C)C)n[nH]2)CC1. The van der Waals surface area contributed by atoms with Gasteiger partial charge in [-0.2, -0.15) is 5.10 Å². The van der Waals surface area contributed by atoms with Gasteiger partial charge < -0.3 is 0 Å². The molecule has 0 spiro atoms. The Hall–Kier alpha value is -2.50. The molecule has 5 heteroatoms. The third kappa shape index (κ3) is 7.24. The molecular weight excluding hydrogens is 406 g/mol. The van der Waals surface area contributed by atoms with Gasteiger partial charge in [-0.25, -0.2) is 0 Å². The third-order valence-corrected chi connectivity index (χ3v) is 6.70. The van der Waals surface area contributed by atoms with E-state index < -0.39 is 0 Å². The third-order valence-electron chi connectivity index (χ3n) is 6.70. The molecule has 33 heavy (non-hydrogen) atoms. The second kappa shape index (κ2) is 11.6. The van der Waals surface area contributed by atoms with Gasteiger partial charge in [-0.1, -0.05) is 44.2 Å². The van der Waals surface area contributed by atoms with Crippen LogP contribution in [0.15, 0.2) is 54.9 Å². The first-order valence-electron chi connectivity index (χ1n) is 12.5. The Morgan fingerprint density at radius 2 is 1.91 bits per heavy atom. The van der Waals surface area contributed by atoms with Crippen molar-refractivity contribution in [1.82, 2.24) is 25.0 Å². The zero-order chi connectivity index (χ0) is 23.0. The predicted octanol–water partition coefficient (Wildman–Crippen LogP) is 5.23. The largest absolute Gasteiger partial charge is 0.299 e. The van der Waals surface area contributed by atoms with E-state index in [9.17, 15) is 0 Å². The van der Waals surface area contributed by atoms with E-state index in [0.717, 1.165) is 38.5 Å². The summed E-state index contributed by atoms with van der Waals surface area (Å²) in [5.74, 6) is 1.35. The van der Waals surface area contributed by atoms with Crippen molar-refractivity contribution < 1.29 is 0 Å². The van der Waals surface area contributed by atoms with Gasteiger partial charge in [0, 0.05) is 44.3 Å². The van der Waals surface area contributed by atoms with Gasteiger partial charge in [-0.05, 0) is 79.9 Å². The fourth-order valence-corrected chi connectivity index (χ4v) is 4.91. The van der Waals surface area contributed by atoms with Crippen molar-refractivity contribution >= 4 is 0 Å². The van der Waals surface area contributed by atoms with E-state index in [1.54, 1.807) is 0 Å². The number of likely N-dealkylation sites (tertiary alicyclic amines) is 1. The molecule has 5 nitrogen and oxygen atoms in total. The summed E-state index contributed by atoms with van der Waals surface area (Å²) < 4.78 is 0. The molecule has 0 saturated carbocycles. The average molecular weight is 446 g/mol. The molecule has 1 fully saturated rings. The van der Waals surface area contributed by atoms with Crippen LogP contribution in [-0.4, -0.2) is 44.6 Å². The summed E-state index contributed by atoms with van der Waals surface area (Å²) in [6.45, 7) is 13.1. The van der Waals surface area contributed by atoms with Crippen LogP contribution in [-0.2, 0) is 26.1 Å². The highest BCUT2D eigenvalue weighted by Gasteiger charge is 2.22. The maximum absolute atomic E-state index is 4.55. The Morgan fingerprint density at radius 1 is 1.09 bits per heavy atom. The molecule has 0 aliphatic carbocycles. The highest BCUT2D eigenvalue weighted by atomic mass is 15.2. The second-order valence-corrected chi connectivity index (χ2v) is 10.2. The first-order valence-corrected chi connectivity index (χ1v) is 12.5. The molecule has 0 unspecified atom stereocenters. The highest BCUT2D eigenvalue weighted by molar-refractivity contribution is 5.25. The van der Waals surface area contributed by atoms with Crippen molar-refractivity contribution in [2.75, 3.05) is 19.6 Å². The van der Waals surface area contributed by atoms with Gasteiger partial charge in [0.1, 0.15) is 0 Å². The van der Waals surface area contributed by atoms with Crippen molar-refractivity contribution in [3.05, 3.63) is 82.9 Å². The Morgan fingerprint density at radius 3 is 2.64 bits per heavy atom. The van der Waals surface area contributed by atoms with Gasteiger partial charge in [-0.15, -0.1) is 0 Å². The summed E-state index contributed by atoms with van der Waals surface area (Å²) in [6, 6.07) is 15.3. The number of benzene rings is 1. The molecule has 1 saturated heterocycles. The summed E-state index contributed by atoms with van der Waals surface area (Å²) in [7, 11) is 0. The Labute approximate surface area is 199 Å². The summed E-state index contributed by atoms with van der Waals surface area (Å²) in [5, 5.41) is 7.84. The van der Waals surface area contributed by atoms with E-state index in [4.69, 9.17) is 0 Å².